The van der Waals surface area contributed by atoms with Crippen LogP contribution in [0.5, 0.6) is 5.75 Å². The van der Waals surface area contributed by atoms with Gasteiger partial charge in [-0.05, 0) is 81.1 Å². The maximum Gasteiger partial charge on any atom is 0.425 e. The number of carbonyl (C=O) groups excluding carboxylic acids is 3. The van der Waals surface area contributed by atoms with Gasteiger partial charge >= 0.3 is 12.3 Å². The van der Waals surface area contributed by atoms with Crippen molar-refractivity contribution in [3.8, 4) is 11.8 Å². The van der Waals surface area contributed by atoms with Gasteiger partial charge in [-0.1, -0.05) is 11.6 Å². The largest absolute Gasteiger partial charge is 0.481 e. The van der Waals surface area contributed by atoms with E-state index in [1.165, 1.54) is 6.20 Å². The van der Waals surface area contributed by atoms with E-state index in [4.69, 9.17) is 21.1 Å². The first kappa shape index (κ1) is 38.5. The van der Waals surface area contributed by atoms with Gasteiger partial charge in [0.05, 0.1) is 21.2 Å². The SMILES string of the molecule is C[C@H](Oc1ccc(S(=O)(=O)C2C[C@@H](C(=O)NC3(C#N)CC3)N(C(=O)C3(c4ncc(Br)cc4F)CCN3C(=O)OC(C)(C)C)C2)c(Cl)c1)C(F)(F)F. The van der Waals surface area contributed by atoms with E-state index in [2.05, 4.69) is 26.2 Å². The number of aromatic nitrogens is 1. The van der Waals surface area contributed by atoms with E-state index in [0.29, 0.717) is 12.8 Å². The fourth-order valence-electron chi connectivity index (χ4n) is 5.98. The number of ether oxygens (including phenoxy) is 2. The van der Waals surface area contributed by atoms with Crippen molar-refractivity contribution in [3.05, 3.63) is 51.5 Å². The lowest BCUT2D eigenvalue weighted by Crippen LogP contribution is -2.69. The van der Waals surface area contributed by atoms with Crippen molar-refractivity contribution in [3.63, 3.8) is 0 Å². The first-order valence-corrected chi connectivity index (χ1v) is 18.4. The van der Waals surface area contributed by atoms with Gasteiger partial charge in [0.2, 0.25) is 5.91 Å². The topological polar surface area (TPSA) is 159 Å². The average Bonchev–Trinajstić information content (AvgIpc) is 3.60. The second kappa shape index (κ2) is 13.4. The molecule has 2 aliphatic heterocycles. The molecule has 1 saturated carbocycles. The van der Waals surface area contributed by atoms with Gasteiger partial charge in [-0.2, -0.15) is 18.4 Å². The third kappa shape index (κ3) is 7.47. The van der Waals surface area contributed by atoms with Gasteiger partial charge in [-0.25, -0.2) is 17.6 Å². The zero-order chi connectivity index (χ0) is 37.9. The molecule has 3 aliphatic rings. The van der Waals surface area contributed by atoms with Crippen LogP contribution in [0.4, 0.5) is 22.4 Å². The van der Waals surface area contributed by atoms with Crippen LogP contribution in [0, 0.1) is 17.1 Å². The van der Waals surface area contributed by atoms with Crippen LogP contribution in [0.3, 0.4) is 0 Å². The molecule has 0 spiro atoms. The molecule has 51 heavy (non-hydrogen) atoms. The maximum atomic E-state index is 15.7. The quantitative estimate of drug-likeness (QED) is 0.344. The molecular formula is C32H33BrClF4N5O7S. The number of nitrogens with one attached hydrogen (secondary N) is 1. The van der Waals surface area contributed by atoms with Crippen LogP contribution in [-0.2, 0) is 29.7 Å². The number of pyridine rings is 1. The maximum absolute atomic E-state index is 15.7. The van der Waals surface area contributed by atoms with Gasteiger partial charge in [-0.15, -0.1) is 0 Å². The van der Waals surface area contributed by atoms with Crippen molar-refractivity contribution in [1.82, 2.24) is 20.1 Å². The van der Waals surface area contributed by atoms with E-state index in [1.54, 1.807) is 20.8 Å². The molecule has 0 radical (unpaired) electrons. The Labute approximate surface area is 304 Å². The van der Waals surface area contributed by atoms with E-state index in [0.717, 1.165) is 41.0 Å². The lowest BCUT2D eigenvalue weighted by atomic mass is 9.79. The lowest BCUT2D eigenvalue weighted by molar-refractivity contribution is -0.189. The molecular weight excluding hydrogens is 790 g/mol. The van der Waals surface area contributed by atoms with E-state index < -0.39 is 102 Å². The molecule has 5 rings (SSSR count). The fourth-order valence-corrected chi connectivity index (χ4v) is 8.51. The van der Waals surface area contributed by atoms with Crippen LogP contribution in [0.15, 0.2) is 39.8 Å². The molecule has 4 atom stereocenters. The number of amides is 3. The van der Waals surface area contributed by atoms with Crippen molar-refractivity contribution in [2.75, 3.05) is 13.1 Å². The highest BCUT2D eigenvalue weighted by atomic mass is 79.9. The highest BCUT2D eigenvalue weighted by Crippen LogP contribution is 2.46. The number of halogens is 6. The summed E-state index contributed by atoms with van der Waals surface area (Å²) in [4.78, 5) is 47.6. The van der Waals surface area contributed by atoms with Crippen LogP contribution in [0.1, 0.15) is 59.1 Å². The number of nitrogens with zero attached hydrogens (tertiary/aromatic N) is 4. The molecule has 12 nitrogen and oxygen atoms in total. The van der Waals surface area contributed by atoms with Crippen LogP contribution in [0.25, 0.3) is 0 Å². The van der Waals surface area contributed by atoms with Gasteiger partial charge < -0.3 is 19.7 Å². The molecule has 1 aromatic heterocycles. The Hall–Kier alpha value is -3.69. The predicted molar refractivity (Wildman–Crippen MR) is 176 cm³/mol. The van der Waals surface area contributed by atoms with Crippen LogP contribution in [-0.4, -0.2) is 88.9 Å². The zero-order valence-electron chi connectivity index (χ0n) is 27.7. The lowest BCUT2D eigenvalue weighted by Gasteiger charge is -2.52. The number of nitriles is 1. The number of hydrogen-bond donors (Lipinski definition) is 1. The van der Waals surface area contributed by atoms with Crippen molar-refractivity contribution in [2.45, 2.75) is 98.5 Å². The second-order valence-electron chi connectivity index (χ2n) is 13.7. The zero-order valence-corrected chi connectivity index (χ0v) is 30.8. The van der Waals surface area contributed by atoms with E-state index in [1.807, 2.05) is 6.07 Å². The summed E-state index contributed by atoms with van der Waals surface area (Å²) in [5.74, 6) is -3.18. The first-order chi connectivity index (χ1) is 23.5. The smallest absolute Gasteiger partial charge is 0.425 e. The third-order valence-electron chi connectivity index (χ3n) is 8.90. The molecule has 2 unspecified atom stereocenters. The molecule has 19 heteroatoms. The minimum Gasteiger partial charge on any atom is -0.481 e. The van der Waals surface area contributed by atoms with Crippen molar-refractivity contribution in [2.24, 2.45) is 0 Å². The summed E-state index contributed by atoms with van der Waals surface area (Å²) >= 11 is 9.40. The number of carbonyl (C=O) groups is 3. The molecule has 3 heterocycles. The number of benzene rings is 1. The minimum absolute atomic E-state index is 0.0706. The average molecular weight is 823 g/mol. The Morgan fingerprint density at radius 3 is 2.35 bits per heavy atom. The van der Waals surface area contributed by atoms with Crippen LogP contribution < -0.4 is 10.1 Å². The summed E-state index contributed by atoms with van der Waals surface area (Å²) in [5.41, 5.74) is -4.85. The molecule has 0 bridgehead atoms. The Morgan fingerprint density at radius 2 is 1.84 bits per heavy atom. The Bertz CT molecular complexity index is 1920. The third-order valence-corrected chi connectivity index (χ3v) is 11.9. The van der Waals surface area contributed by atoms with Crippen LogP contribution >= 0.6 is 27.5 Å². The molecule has 3 fully saturated rings. The number of sulfone groups is 1. The predicted octanol–water partition coefficient (Wildman–Crippen LogP) is 5.42. The minimum atomic E-state index is -4.71. The normalized spacial score (nSPS) is 23.5. The fraction of sp³-hybridized carbons (Fsp3) is 0.531. The number of likely N-dealkylation sites (tertiary alicyclic amines) is 2. The van der Waals surface area contributed by atoms with E-state index in [-0.39, 0.29) is 23.2 Å². The number of rotatable bonds is 8. The number of hydrogen-bond acceptors (Lipinski definition) is 9. The Morgan fingerprint density at radius 1 is 1.18 bits per heavy atom. The summed E-state index contributed by atoms with van der Waals surface area (Å²) < 4.78 is 93.6. The van der Waals surface area contributed by atoms with Gasteiger partial charge in [-0.3, -0.25) is 19.5 Å². The number of alkyl halides is 3. The molecule has 3 amide bonds. The highest BCUT2D eigenvalue weighted by Gasteiger charge is 2.62. The van der Waals surface area contributed by atoms with Crippen molar-refractivity contribution in [1.29, 1.82) is 5.26 Å². The van der Waals surface area contributed by atoms with Crippen molar-refractivity contribution < 1.29 is 49.8 Å². The summed E-state index contributed by atoms with van der Waals surface area (Å²) in [5, 5.41) is 10.2. The second-order valence-corrected chi connectivity index (χ2v) is 17.2. The molecule has 2 saturated heterocycles. The molecule has 2 aromatic rings. The monoisotopic (exact) mass is 821 g/mol. The van der Waals surface area contributed by atoms with Gasteiger partial charge in [0.1, 0.15) is 34.4 Å². The van der Waals surface area contributed by atoms with Gasteiger partial charge in [0.25, 0.3) is 5.91 Å². The Kier molecular flexibility index (Phi) is 10.1. The van der Waals surface area contributed by atoms with E-state index >= 15 is 4.39 Å². The standard InChI is InChI=1S/C32H33BrClF4N5O7S/c1-17(32(36,37)38)49-19-5-6-24(21(34)12-19)51(47,48)20-13-23(26(44)41-30(16-39)7-8-30)42(15-20)27(45)31(25-22(35)11-18(33)14-40-25)9-10-43(31)28(46)50-29(2,3)4/h5-6,11-12,14,17,20,23H,7-10,13,15H2,1-4H3,(H,41,44)/t17-,20?,23-,31?/m0/s1. The molecule has 1 aliphatic carbocycles. The highest BCUT2D eigenvalue weighted by molar-refractivity contribution is 9.10. The first-order valence-electron chi connectivity index (χ1n) is 15.7. The molecule has 1 N–H and O–H groups in total. The van der Waals surface area contributed by atoms with E-state index in [9.17, 15) is 41.2 Å². The van der Waals surface area contributed by atoms with Crippen molar-refractivity contribution >= 4 is 55.3 Å². The Balaban J connectivity index is 1.55. The summed E-state index contributed by atoms with van der Waals surface area (Å²) in [7, 11) is -4.53. The van der Waals surface area contributed by atoms with Gasteiger partial charge in [0, 0.05) is 36.2 Å². The molecule has 1 aromatic carbocycles. The summed E-state index contributed by atoms with van der Waals surface area (Å²) in [6.07, 6.45) is -6.72. The summed E-state index contributed by atoms with van der Waals surface area (Å²) in [6.45, 7) is 4.82. The summed E-state index contributed by atoms with van der Waals surface area (Å²) in [6, 6.07) is 4.39. The van der Waals surface area contributed by atoms with Crippen LogP contribution in [0.2, 0.25) is 5.02 Å². The van der Waals surface area contributed by atoms with Gasteiger partial charge in [0.15, 0.2) is 21.5 Å². The molecule has 276 valence electrons.